The number of fused-ring (bicyclic) bond motifs is 7. The van der Waals surface area contributed by atoms with Gasteiger partial charge in [-0.15, -0.1) is 10.2 Å². The molecule has 0 atom stereocenters. The highest BCUT2D eigenvalue weighted by Gasteiger charge is 2.36. The Hall–Kier alpha value is -5.64. The van der Waals surface area contributed by atoms with Crippen molar-refractivity contribution in [1.29, 1.82) is 0 Å². The van der Waals surface area contributed by atoms with Crippen molar-refractivity contribution >= 4 is 54.4 Å². The normalized spacial score (nSPS) is 13.4. The summed E-state index contributed by atoms with van der Waals surface area (Å²) in [6.45, 7) is 4.75. The van der Waals surface area contributed by atoms with Gasteiger partial charge in [-0.25, -0.2) is 0 Å². The highest BCUT2D eigenvalue weighted by Crippen LogP contribution is 2.53. The zero-order chi connectivity index (χ0) is 32.0. The van der Waals surface area contributed by atoms with Crippen LogP contribution in [0.15, 0.2) is 145 Å². The number of aromatic nitrogens is 2. The van der Waals surface area contributed by atoms with Crippen LogP contribution >= 0.6 is 11.3 Å². The molecule has 48 heavy (non-hydrogen) atoms. The largest absolute Gasteiger partial charge is 0.147 e. The Bertz CT molecular complexity index is 2760. The fraction of sp³-hybridized carbons (Fsp3) is 0.0667. The Morgan fingerprint density at radius 1 is 0.458 bits per heavy atom. The van der Waals surface area contributed by atoms with Gasteiger partial charge in [0, 0.05) is 11.0 Å². The Morgan fingerprint density at radius 2 is 1.04 bits per heavy atom. The third kappa shape index (κ3) is 3.98. The van der Waals surface area contributed by atoms with E-state index in [-0.39, 0.29) is 5.41 Å². The summed E-state index contributed by atoms with van der Waals surface area (Å²) in [5.41, 5.74) is 13.2. The molecule has 0 amide bonds. The van der Waals surface area contributed by atoms with Gasteiger partial charge in [-0.05, 0) is 118 Å². The van der Waals surface area contributed by atoms with Crippen LogP contribution in [0.5, 0.6) is 0 Å². The topological polar surface area (TPSA) is 25.8 Å². The highest BCUT2D eigenvalue weighted by molar-refractivity contribution is 7.12. The maximum Gasteiger partial charge on any atom is 0.147 e. The Balaban J connectivity index is 1.41. The Morgan fingerprint density at radius 3 is 1.73 bits per heavy atom. The van der Waals surface area contributed by atoms with Crippen LogP contribution in [0.25, 0.3) is 87.0 Å². The summed E-state index contributed by atoms with van der Waals surface area (Å²) in [4.78, 5) is 0. The monoisotopic (exact) mass is 630 g/mol. The van der Waals surface area contributed by atoms with Gasteiger partial charge in [0.1, 0.15) is 10.5 Å². The van der Waals surface area contributed by atoms with Crippen molar-refractivity contribution in [3.8, 4) is 44.0 Å². The van der Waals surface area contributed by atoms with Crippen LogP contribution in [0.2, 0.25) is 0 Å². The minimum absolute atomic E-state index is 0.118. The zero-order valence-electron chi connectivity index (χ0n) is 26.7. The molecule has 226 valence electrons. The van der Waals surface area contributed by atoms with Crippen LogP contribution < -0.4 is 0 Å². The third-order valence-corrected chi connectivity index (χ3v) is 11.2. The van der Waals surface area contributed by atoms with E-state index < -0.39 is 0 Å². The molecule has 1 aromatic heterocycles. The van der Waals surface area contributed by atoms with E-state index in [4.69, 9.17) is 0 Å². The SMILES string of the molecule is CC1(C)c2ccccc2-c2cc3c(-c4ccc5ccccc5c4)c4ccc(-c5nncs5)cc4c(-c4ccc5ccccc5c4)c3cc21. The predicted octanol–water partition coefficient (Wildman–Crippen LogP) is 12.5. The molecule has 8 aromatic carbocycles. The van der Waals surface area contributed by atoms with Gasteiger partial charge in [-0.3, -0.25) is 0 Å². The van der Waals surface area contributed by atoms with Gasteiger partial charge < -0.3 is 0 Å². The van der Waals surface area contributed by atoms with Gasteiger partial charge in [0.05, 0.1) is 0 Å². The van der Waals surface area contributed by atoms with Gasteiger partial charge in [0.25, 0.3) is 0 Å². The molecular formula is C45H30N2S. The number of hydrogen-bond donors (Lipinski definition) is 0. The molecule has 1 aliphatic carbocycles. The van der Waals surface area contributed by atoms with E-state index in [0.717, 1.165) is 10.6 Å². The van der Waals surface area contributed by atoms with Gasteiger partial charge in [-0.1, -0.05) is 134 Å². The van der Waals surface area contributed by atoms with Crippen molar-refractivity contribution in [2.24, 2.45) is 0 Å². The second-order valence-electron chi connectivity index (χ2n) is 13.5. The Kier molecular flexibility index (Phi) is 5.82. The maximum absolute atomic E-state index is 4.47. The molecule has 9 aromatic rings. The fourth-order valence-corrected chi connectivity index (χ4v) is 8.72. The van der Waals surface area contributed by atoms with Crippen molar-refractivity contribution < 1.29 is 0 Å². The van der Waals surface area contributed by atoms with Crippen molar-refractivity contribution in [2.45, 2.75) is 19.3 Å². The summed E-state index contributed by atoms with van der Waals surface area (Å²) >= 11 is 1.58. The van der Waals surface area contributed by atoms with Crippen LogP contribution in [-0.2, 0) is 5.41 Å². The first-order valence-corrected chi connectivity index (χ1v) is 17.4. The number of hydrogen-bond acceptors (Lipinski definition) is 3. The molecule has 1 aliphatic rings. The quantitative estimate of drug-likeness (QED) is 0.182. The molecule has 0 bridgehead atoms. The fourth-order valence-electron chi connectivity index (χ4n) is 8.16. The van der Waals surface area contributed by atoms with E-state index in [1.807, 2.05) is 5.51 Å². The minimum atomic E-state index is -0.118. The lowest BCUT2D eigenvalue weighted by Crippen LogP contribution is -2.14. The first-order valence-electron chi connectivity index (χ1n) is 16.5. The number of benzene rings is 8. The molecule has 3 heteroatoms. The van der Waals surface area contributed by atoms with E-state index in [1.165, 1.54) is 87.6 Å². The standard InChI is InChI=1S/C45H30N2S/c1-45(2)40-14-8-7-13-34(40)36-24-38-39(25-41(36)45)43(32-18-16-28-10-4-6-12-30(28)22-32)37-23-33(44-47-46-26-48-44)19-20-35(37)42(38)31-17-15-27-9-3-5-11-29(27)21-31/h3-26H,1-2H3. The molecule has 1 heterocycles. The second-order valence-corrected chi connectivity index (χ2v) is 14.3. The van der Waals surface area contributed by atoms with Gasteiger partial charge >= 0.3 is 0 Å². The molecule has 0 saturated heterocycles. The van der Waals surface area contributed by atoms with Crippen molar-refractivity contribution in [2.75, 3.05) is 0 Å². The van der Waals surface area contributed by atoms with Crippen LogP contribution in [0, 0.1) is 0 Å². The molecule has 0 saturated carbocycles. The molecule has 0 radical (unpaired) electrons. The predicted molar refractivity (Wildman–Crippen MR) is 204 cm³/mol. The van der Waals surface area contributed by atoms with Gasteiger partial charge in [0.2, 0.25) is 0 Å². The molecule has 10 rings (SSSR count). The number of rotatable bonds is 3. The summed E-state index contributed by atoms with van der Waals surface area (Å²) < 4.78 is 0. The average molecular weight is 631 g/mol. The van der Waals surface area contributed by atoms with Crippen LogP contribution in [0.4, 0.5) is 0 Å². The smallest absolute Gasteiger partial charge is 0.147 e. The van der Waals surface area contributed by atoms with Crippen molar-refractivity contribution in [1.82, 2.24) is 10.2 Å². The lowest BCUT2D eigenvalue weighted by molar-refractivity contribution is 0.661. The highest BCUT2D eigenvalue weighted by atomic mass is 32.1. The van der Waals surface area contributed by atoms with Gasteiger partial charge in [-0.2, -0.15) is 0 Å². The molecule has 0 spiro atoms. The first kappa shape index (κ1) is 27.5. The van der Waals surface area contributed by atoms with E-state index >= 15 is 0 Å². The second kappa shape index (κ2) is 10.2. The lowest BCUT2D eigenvalue weighted by atomic mass is 9.79. The summed E-state index contributed by atoms with van der Waals surface area (Å²) in [5.74, 6) is 0. The minimum Gasteiger partial charge on any atom is -0.147 e. The van der Waals surface area contributed by atoms with Crippen molar-refractivity contribution in [3.63, 3.8) is 0 Å². The van der Waals surface area contributed by atoms with Crippen LogP contribution in [0.3, 0.4) is 0 Å². The van der Waals surface area contributed by atoms with E-state index in [0.29, 0.717) is 0 Å². The summed E-state index contributed by atoms with van der Waals surface area (Å²) in [6, 6.07) is 52.0. The number of nitrogens with zero attached hydrogens (tertiary/aromatic N) is 2. The van der Waals surface area contributed by atoms with Crippen LogP contribution in [-0.4, -0.2) is 10.2 Å². The third-order valence-electron chi connectivity index (χ3n) is 10.5. The van der Waals surface area contributed by atoms with E-state index in [2.05, 4.69) is 164 Å². The van der Waals surface area contributed by atoms with E-state index in [9.17, 15) is 0 Å². The first-order chi connectivity index (χ1) is 23.5. The molecule has 0 fully saturated rings. The summed E-state index contributed by atoms with van der Waals surface area (Å²) in [5, 5.41) is 19.6. The van der Waals surface area contributed by atoms with Gasteiger partial charge in [0.15, 0.2) is 0 Å². The summed E-state index contributed by atoms with van der Waals surface area (Å²) in [7, 11) is 0. The van der Waals surface area contributed by atoms with Crippen LogP contribution in [0.1, 0.15) is 25.0 Å². The summed E-state index contributed by atoms with van der Waals surface area (Å²) in [6.07, 6.45) is 0. The zero-order valence-corrected chi connectivity index (χ0v) is 27.5. The Labute approximate surface area is 283 Å². The molecule has 0 N–H and O–H groups in total. The van der Waals surface area contributed by atoms with Crippen molar-refractivity contribution in [3.05, 3.63) is 156 Å². The van der Waals surface area contributed by atoms with E-state index in [1.54, 1.807) is 11.3 Å². The molecule has 0 unspecified atom stereocenters. The lowest BCUT2D eigenvalue weighted by Gasteiger charge is -2.24. The maximum atomic E-state index is 4.47. The molecular weight excluding hydrogens is 601 g/mol. The average Bonchev–Trinajstić information content (AvgIpc) is 3.75. The molecule has 0 aliphatic heterocycles. The molecule has 2 nitrogen and oxygen atoms in total.